The lowest BCUT2D eigenvalue weighted by atomic mass is 9.84. The highest BCUT2D eigenvalue weighted by atomic mass is 16.6. The lowest BCUT2D eigenvalue weighted by molar-refractivity contribution is 0.0680. The molecule has 0 heterocycles. The predicted molar refractivity (Wildman–Crippen MR) is 95.0 cm³/mol. The molecule has 0 saturated heterocycles. The minimum absolute atomic E-state index is 0.273. The van der Waals surface area contributed by atoms with E-state index in [9.17, 15) is 5.11 Å². The van der Waals surface area contributed by atoms with Crippen molar-refractivity contribution in [2.24, 2.45) is 0 Å². The highest BCUT2D eigenvalue weighted by Gasteiger charge is 2.23. The van der Waals surface area contributed by atoms with E-state index in [1.165, 1.54) is 11.1 Å². The molecule has 0 spiro atoms. The van der Waals surface area contributed by atoms with E-state index in [4.69, 9.17) is 4.84 Å². The Balaban J connectivity index is 2.18. The third kappa shape index (κ3) is 4.69. The Morgan fingerprint density at radius 3 is 2.52 bits per heavy atom. The van der Waals surface area contributed by atoms with Gasteiger partial charge in [0, 0.05) is 17.2 Å². The average Bonchev–Trinajstić information content (AvgIpc) is 2.59. The second-order valence-corrected chi connectivity index (χ2v) is 6.03. The van der Waals surface area contributed by atoms with Gasteiger partial charge >= 0.3 is 0 Å². The molecule has 1 aliphatic carbocycles. The minimum atomic E-state index is -0.453. The van der Waals surface area contributed by atoms with Gasteiger partial charge in [-0.15, -0.1) is 0 Å². The maximum Gasteiger partial charge on any atom is 0.0816 e. The molecule has 2 atom stereocenters. The monoisotopic (exact) mass is 315 g/mol. The Morgan fingerprint density at radius 1 is 1.22 bits per heavy atom. The van der Waals surface area contributed by atoms with Crippen LogP contribution in [0.4, 0.5) is 0 Å². The molecule has 126 valence electrons. The van der Waals surface area contributed by atoms with Crippen LogP contribution in [0.15, 0.2) is 47.7 Å². The summed E-state index contributed by atoms with van der Waals surface area (Å²) in [6.45, 7) is 6.85. The summed E-state index contributed by atoms with van der Waals surface area (Å²) in [4.78, 5) is 5.33. The maximum atomic E-state index is 10.6. The fourth-order valence-electron chi connectivity index (χ4n) is 2.99. The molecular weight excluding hydrogens is 286 g/mol. The summed E-state index contributed by atoms with van der Waals surface area (Å²) in [6.07, 6.45) is 7.48. The molecule has 0 fully saturated rings. The van der Waals surface area contributed by atoms with Crippen LogP contribution in [-0.2, 0) is 11.3 Å². The number of nitrogens with one attached hydrogen (secondary N) is 1. The first-order valence-electron chi connectivity index (χ1n) is 8.75. The van der Waals surface area contributed by atoms with Gasteiger partial charge in [-0.05, 0) is 37.3 Å². The van der Waals surface area contributed by atoms with Crippen molar-refractivity contribution in [3.05, 3.63) is 58.8 Å². The van der Waals surface area contributed by atoms with Gasteiger partial charge in [0.2, 0.25) is 0 Å². The largest absolute Gasteiger partial charge is 0.388 e. The van der Waals surface area contributed by atoms with Crippen molar-refractivity contribution >= 4 is 0 Å². The molecule has 2 unspecified atom stereocenters. The Hall–Kier alpha value is -1.58. The zero-order valence-corrected chi connectivity index (χ0v) is 14.5. The molecule has 1 aromatic rings. The number of rotatable bonds is 7. The summed E-state index contributed by atoms with van der Waals surface area (Å²) in [5.74, 6) is 0.273. The molecule has 3 nitrogen and oxygen atoms in total. The van der Waals surface area contributed by atoms with E-state index in [0.29, 0.717) is 6.61 Å². The number of hydrogen-bond acceptors (Lipinski definition) is 3. The zero-order chi connectivity index (χ0) is 16.7. The standard InChI is InChI=1S/C20H29NO2/c1-4-7-19(21-23-6-3)18-13-12-17(14-20(18)22)16-10-8-15(5-2)9-11-16/h8-13,17,20-22H,4-7,14H2,1-3H3. The molecule has 0 radical (unpaired) electrons. The topological polar surface area (TPSA) is 41.5 Å². The quantitative estimate of drug-likeness (QED) is 0.739. The molecule has 2 N–H and O–H groups in total. The third-order valence-corrected chi connectivity index (χ3v) is 4.35. The van der Waals surface area contributed by atoms with Crippen LogP contribution in [0.25, 0.3) is 0 Å². The molecule has 0 bridgehead atoms. The highest BCUT2D eigenvalue weighted by molar-refractivity contribution is 5.37. The maximum absolute atomic E-state index is 10.6. The van der Waals surface area contributed by atoms with E-state index in [-0.39, 0.29) is 5.92 Å². The lowest BCUT2D eigenvalue weighted by Crippen LogP contribution is -2.24. The molecule has 23 heavy (non-hydrogen) atoms. The van der Waals surface area contributed by atoms with Crippen LogP contribution in [-0.4, -0.2) is 17.8 Å². The second kappa shape index (κ2) is 8.90. The lowest BCUT2D eigenvalue weighted by Gasteiger charge is -2.26. The number of hydroxylamine groups is 1. The van der Waals surface area contributed by atoms with Crippen LogP contribution in [0.3, 0.4) is 0 Å². The minimum Gasteiger partial charge on any atom is -0.388 e. The Kier molecular flexibility index (Phi) is 6.87. The summed E-state index contributed by atoms with van der Waals surface area (Å²) in [5, 5.41) is 10.6. The van der Waals surface area contributed by atoms with E-state index >= 15 is 0 Å². The van der Waals surface area contributed by atoms with Crippen LogP contribution in [0.5, 0.6) is 0 Å². The van der Waals surface area contributed by atoms with Gasteiger partial charge in [-0.1, -0.05) is 56.7 Å². The zero-order valence-electron chi connectivity index (χ0n) is 14.5. The van der Waals surface area contributed by atoms with Gasteiger partial charge in [0.05, 0.1) is 12.7 Å². The first-order valence-corrected chi connectivity index (χ1v) is 8.75. The first-order chi connectivity index (χ1) is 11.2. The molecular formula is C20H29NO2. The van der Waals surface area contributed by atoms with Crippen LogP contribution in [0.1, 0.15) is 57.1 Å². The highest BCUT2D eigenvalue weighted by Crippen LogP contribution is 2.32. The first kappa shape index (κ1) is 17.8. The van der Waals surface area contributed by atoms with Crippen LogP contribution < -0.4 is 5.48 Å². The molecule has 0 aliphatic heterocycles. The van der Waals surface area contributed by atoms with Crippen molar-refractivity contribution in [2.75, 3.05) is 6.61 Å². The average molecular weight is 315 g/mol. The van der Waals surface area contributed by atoms with E-state index in [1.807, 2.05) is 6.92 Å². The summed E-state index contributed by atoms with van der Waals surface area (Å²) in [7, 11) is 0. The SMILES string of the molecule is CCCC(NOCC)=C1C=CC(c2ccc(CC)cc2)CC1O. The second-order valence-electron chi connectivity index (χ2n) is 6.03. The summed E-state index contributed by atoms with van der Waals surface area (Å²) in [6, 6.07) is 8.72. The molecule has 0 amide bonds. The van der Waals surface area contributed by atoms with Gasteiger partial charge in [0.25, 0.3) is 0 Å². The fraction of sp³-hybridized carbons (Fsp3) is 0.500. The number of benzene rings is 1. The Morgan fingerprint density at radius 2 is 1.96 bits per heavy atom. The van der Waals surface area contributed by atoms with Gasteiger partial charge in [-0.2, -0.15) is 0 Å². The summed E-state index contributed by atoms with van der Waals surface area (Å²) in [5.41, 5.74) is 7.58. The molecule has 0 aromatic heterocycles. The number of allylic oxidation sites excluding steroid dienone is 2. The van der Waals surface area contributed by atoms with Gasteiger partial charge in [-0.25, -0.2) is 0 Å². The summed E-state index contributed by atoms with van der Waals surface area (Å²) >= 11 is 0. The normalized spacial score (nSPS) is 23.0. The summed E-state index contributed by atoms with van der Waals surface area (Å²) < 4.78 is 0. The van der Waals surface area contributed by atoms with Gasteiger partial charge in [-0.3, -0.25) is 10.3 Å². The number of hydrogen-bond donors (Lipinski definition) is 2. The molecule has 1 aliphatic rings. The van der Waals surface area contributed by atoms with Gasteiger partial charge < -0.3 is 5.11 Å². The van der Waals surface area contributed by atoms with Crippen LogP contribution in [0.2, 0.25) is 0 Å². The van der Waals surface area contributed by atoms with Crippen LogP contribution in [0, 0.1) is 0 Å². The van der Waals surface area contributed by atoms with Crippen molar-refractivity contribution in [2.45, 2.75) is 58.5 Å². The smallest absolute Gasteiger partial charge is 0.0816 e. The third-order valence-electron chi connectivity index (χ3n) is 4.35. The number of aliphatic hydroxyl groups excluding tert-OH is 1. The fourth-order valence-corrected chi connectivity index (χ4v) is 2.99. The van der Waals surface area contributed by atoms with Crippen molar-refractivity contribution in [3.8, 4) is 0 Å². The predicted octanol–water partition coefficient (Wildman–Crippen LogP) is 4.25. The Bertz CT molecular complexity index is 545. The van der Waals surface area contributed by atoms with Crippen LogP contribution >= 0.6 is 0 Å². The van der Waals surface area contributed by atoms with Crippen molar-refractivity contribution < 1.29 is 9.94 Å². The van der Waals surface area contributed by atoms with E-state index in [0.717, 1.165) is 37.0 Å². The van der Waals surface area contributed by atoms with Crippen molar-refractivity contribution in [1.82, 2.24) is 5.48 Å². The Labute approximate surface area is 140 Å². The number of aliphatic hydroxyl groups is 1. The van der Waals surface area contributed by atoms with E-state index < -0.39 is 6.10 Å². The van der Waals surface area contributed by atoms with Crippen molar-refractivity contribution in [3.63, 3.8) is 0 Å². The van der Waals surface area contributed by atoms with E-state index in [1.54, 1.807) is 0 Å². The van der Waals surface area contributed by atoms with Gasteiger partial charge in [0.15, 0.2) is 0 Å². The molecule has 0 saturated carbocycles. The van der Waals surface area contributed by atoms with E-state index in [2.05, 4.69) is 55.7 Å². The van der Waals surface area contributed by atoms with Gasteiger partial charge in [0.1, 0.15) is 0 Å². The molecule has 2 rings (SSSR count). The van der Waals surface area contributed by atoms with Crippen molar-refractivity contribution in [1.29, 1.82) is 0 Å². The number of aryl methyl sites for hydroxylation is 1. The molecule has 3 heteroatoms. The molecule has 1 aromatic carbocycles.